The fraction of sp³-hybridized carbons (Fsp3) is 0.538. The quantitative estimate of drug-likeness (QED) is 0.843. The van der Waals surface area contributed by atoms with Gasteiger partial charge in [0.05, 0.1) is 5.92 Å². The van der Waals surface area contributed by atoms with Crippen molar-refractivity contribution in [2.24, 2.45) is 5.92 Å². The van der Waals surface area contributed by atoms with Crippen LogP contribution in [0.2, 0.25) is 0 Å². The van der Waals surface area contributed by atoms with E-state index < -0.39 is 12.1 Å². The van der Waals surface area contributed by atoms with Gasteiger partial charge in [0.25, 0.3) is 0 Å². The Kier molecular flexibility index (Phi) is 3.68. The van der Waals surface area contributed by atoms with Crippen LogP contribution >= 0.6 is 0 Å². The van der Waals surface area contributed by atoms with Crippen LogP contribution in [0.1, 0.15) is 25.7 Å². The topological polar surface area (TPSA) is 32.3 Å². The van der Waals surface area contributed by atoms with Crippen molar-refractivity contribution in [3.8, 4) is 5.75 Å². The fourth-order valence-corrected chi connectivity index (χ4v) is 2.45. The molecule has 0 spiro atoms. The number of phenolic OH excluding ortho intramolecular Hbond substituents is 1. The number of aromatic hydroxyl groups is 1. The first-order valence-corrected chi connectivity index (χ1v) is 6.07. The predicted molar refractivity (Wildman–Crippen MR) is 63.5 cm³/mol. The van der Waals surface area contributed by atoms with Gasteiger partial charge in [0.1, 0.15) is 5.75 Å². The Labute approximate surface area is 104 Å². The van der Waals surface area contributed by atoms with Gasteiger partial charge in [0.2, 0.25) is 0 Å². The first-order valence-electron chi connectivity index (χ1n) is 6.07. The Morgan fingerprint density at radius 2 is 2.00 bits per heavy atom. The van der Waals surface area contributed by atoms with Crippen molar-refractivity contribution in [1.82, 2.24) is 0 Å². The third kappa shape index (κ3) is 3.31. The van der Waals surface area contributed by atoms with Crippen molar-refractivity contribution < 1.29 is 18.3 Å². The lowest BCUT2D eigenvalue weighted by Crippen LogP contribution is -2.34. The number of halogens is 3. The highest BCUT2D eigenvalue weighted by molar-refractivity contribution is 5.48. The summed E-state index contributed by atoms with van der Waals surface area (Å²) in [7, 11) is 0. The number of benzene rings is 1. The maximum atomic E-state index is 12.6. The number of hydrogen-bond donors (Lipinski definition) is 2. The third-order valence-electron chi connectivity index (χ3n) is 3.35. The Balaban J connectivity index is 1.98. The SMILES string of the molecule is Oc1cccc(NC2CCCC(C(F)(F)F)C2)c1. The first kappa shape index (κ1) is 13.1. The molecule has 1 fully saturated rings. The van der Waals surface area contributed by atoms with Crippen LogP contribution < -0.4 is 5.32 Å². The molecule has 0 aromatic heterocycles. The van der Waals surface area contributed by atoms with E-state index >= 15 is 0 Å². The molecule has 0 bridgehead atoms. The lowest BCUT2D eigenvalue weighted by Gasteiger charge is -2.31. The number of hydrogen-bond acceptors (Lipinski definition) is 2. The molecular weight excluding hydrogens is 243 g/mol. The van der Waals surface area contributed by atoms with Gasteiger partial charge in [-0.2, -0.15) is 13.2 Å². The molecule has 0 amide bonds. The number of rotatable bonds is 2. The van der Waals surface area contributed by atoms with Gasteiger partial charge in [-0.1, -0.05) is 12.5 Å². The van der Waals surface area contributed by atoms with Gasteiger partial charge >= 0.3 is 6.18 Å². The van der Waals surface area contributed by atoms with Gasteiger partial charge in [0.15, 0.2) is 0 Å². The second-order valence-electron chi connectivity index (χ2n) is 4.80. The highest BCUT2D eigenvalue weighted by atomic mass is 19.4. The summed E-state index contributed by atoms with van der Waals surface area (Å²) >= 11 is 0. The minimum absolute atomic E-state index is 0.110. The van der Waals surface area contributed by atoms with Gasteiger partial charge in [-0.25, -0.2) is 0 Å². The monoisotopic (exact) mass is 259 g/mol. The summed E-state index contributed by atoms with van der Waals surface area (Å²) < 4.78 is 37.9. The third-order valence-corrected chi connectivity index (χ3v) is 3.35. The van der Waals surface area contributed by atoms with E-state index in [0.29, 0.717) is 12.1 Å². The van der Waals surface area contributed by atoms with E-state index in [1.165, 1.54) is 12.1 Å². The summed E-state index contributed by atoms with van der Waals surface area (Å²) in [5.41, 5.74) is 0.669. The van der Waals surface area contributed by atoms with Gasteiger partial charge in [-0.15, -0.1) is 0 Å². The van der Waals surface area contributed by atoms with Crippen molar-refractivity contribution in [3.63, 3.8) is 0 Å². The molecular formula is C13H16F3NO. The van der Waals surface area contributed by atoms with Crippen LogP contribution in [0.3, 0.4) is 0 Å². The summed E-state index contributed by atoms with van der Waals surface area (Å²) in [5.74, 6) is -1.09. The zero-order chi connectivity index (χ0) is 13.2. The van der Waals surface area contributed by atoms with Crippen LogP contribution in [0.15, 0.2) is 24.3 Å². The summed E-state index contributed by atoms with van der Waals surface area (Å²) in [5, 5.41) is 12.4. The molecule has 2 unspecified atom stereocenters. The zero-order valence-electron chi connectivity index (χ0n) is 9.87. The molecule has 1 aromatic rings. The van der Waals surface area contributed by atoms with E-state index in [1.807, 2.05) is 0 Å². The largest absolute Gasteiger partial charge is 0.508 e. The van der Waals surface area contributed by atoms with Gasteiger partial charge in [-0.3, -0.25) is 0 Å². The molecule has 0 saturated heterocycles. The standard InChI is InChI=1S/C13H16F3NO/c14-13(15,16)9-3-1-4-10(7-9)17-11-5-2-6-12(18)8-11/h2,5-6,8-10,17-18H,1,3-4,7H2. The molecule has 5 heteroatoms. The molecule has 0 aliphatic heterocycles. The predicted octanol–water partition coefficient (Wildman–Crippen LogP) is 3.93. The van der Waals surface area contributed by atoms with Crippen molar-refractivity contribution in [2.75, 3.05) is 5.32 Å². The Hall–Kier alpha value is -1.39. The van der Waals surface area contributed by atoms with Crippen molar-refractivity contribution in [2.45, 2.75) is 37.9 Å². The Morgan fingerprint density at radius 3 is 2.67 bits per heavy atom. The lowest BCUT2D eigenvalue weighted by molar-refractivity contribution is -0.182. The molecule has 2 rings (SSSR count). The average Bonchev–Trinajstić information content (AvgIpc) is 2.28. The smallest absolute Gasteiger partial charge is 0.391 e. The molecule has 1 aliphatic rings. The van der Waals surface area contributed by atoms with E-state index in [2.05, 4.69) is 5.32 Å². The highest BCUT2D eigenvalue weighted by Gasteiger charge is 2.42. The molecule has 2 atom stereocenters. The Morgan fingerprint density at radius 1 is 1.22 bits per heavy atom. The van der Waals surface area contributed by atoms with Gasteiger partial charge in [0, 0.05) is 17.8 Å². The summed E-state index contributed by atoms with van der Waals surface area (Å²) in [6, 6.07) is 6.30. The highest BCUT2D eigenvalue weighted by Crippen LogP contribution is 2.38. The van der Waals surface area contributed by atoms with Crippen molar-refractivity contribution >= 4 is 5.69 Å². The summed E-state index contributed by atoms with van der Waals surface area (Å²) in [6.45, 7) is 0. The summed E-state index contributed by atoms with van der Waals surface area (Å²) in [4.78, 5) is 0. The second kappa shape index (κ2) is 5.08. The lowest BCUT2D eigenvalue weighted by atomic mass is 9.85. The van der Waals surface area contributed by atoms with Gasteiger partial charge in [-0.05, 0) is 31.4 Å². The normalized spacial score (nSPS) is 24.8. The van der Waals surface area contributed by atoms with Crippen molar-refractivity contribution in [3.05, 3.63) is 24.3 Å². The molecule has 2 N–H and O–H groups in total. The molecule has 1 saturated carbocycles. The molecule has 18 heavy (non-hydrogen) atoms. The Bertz CT molecular complexity index is 405. The number of phenols is 1. The van der Waals surface area contributed by atoms with E-state index in [9.17, 15) is 18.3 Å². The molecule has 1 aliphatic carbocycles. The minimum atomic E-state index is -4.10. The van der Waals surface area contributed by atoms with Crippen LogP contribution in [-0.2, 0) is 0 Å². The maximum Gasteiger partial charge on any atom is 0.391 e. The van der Waals surface area contributed by atoms with Crippen LogP contribution in [-0.4, -0.2) is 17.3 Å². The van der Waals surface area contributed by atoms with Crippen LogP contribution in [0.4, 0.5) is 18.9 Å². The number of nitrogens with one attached hydrogen (secondary N) is 1. The van der Waals surface area contributed by atoms with E-state index in [0.717, 1.165) is 6.42 Å². The van der Waals surface area contributed by atoms with E-state index in [-0.39, 0.29) is 24.6 Å². The number of anilines is 1. The van der Waals surface area contributed by atoms with E-state index in [4.69, 9.17) is 0 Å². The summed E-state index contributed by atoms with van der Waals surface area (Å²) in [6.07, 6.45) is -2.44. The molecule has 0 heterocycles. The van der Waals surface area contributed by atoms with Gasteiger partial charge < -0.3 is 10.4 Å². The minimum Gasteiger partial charge on any atom is -0.508 e. The first-order chi connectivity index (χ1) is 8.45. The molecule has 2 nitrogen and oxygen atoms in total. The van der Waals surface area contributed by atoms with Crippen LogP contribution in [0, 0.1) is 5.92 Å². The second-order valence-corrected chi connectivity index (χ2v) is 4.80. The fourth-order valence-electron chi connectivity index (χ4n) is 2.45. The van der Waals surface area contributed by atoms with Crippen LogP contribution in [0.5, 0.6) is 5.75 Å². The van der Waals surface area contributed by atoms with E-state index in [1.54, 1.807) is 12.1 Å². The van der Waals surface area contributed by atoms with Crippen LogP contribution in [0.25, 0.3) is 0 Å². The molecule has 0 radical (unpaired) electrons. The molecule has 1 aromatic carbocycles. The zero-order valence-corrected chi connectivity index (χ0v) is 9.87. The van der Waals surface area contributed by atoms with Crippen molar-refractivity contribution in [1.29, 1.82) is 0 Å². The maximum absolute atomic E-state index is 12.6. The number of alkyl halides is 3. The average molecular weight is 259 g/mol. The molecule has 100 valence electrons.